The lowest BCUT2D eigenvalue weighted by Gasteiger charge is -2.20. The Morgan fingerprint density at radius 1 is 1.08 bits per heavy atom. The molecule has 1 aliphatic heterocycles. The van der Waals surface area contributed by atoms with Crippen molar-refractivity contribution in [1.82, 2.24) is 15.0 Å². The fourth-order valence-corrected chi connectivity index (χ4v) is 5.44. The molecule has 5 rings (SSSR count). The molecule has 206 valence electrons. The van der Waals surface area contributed by atoms with E-state index in [2.05, 4.69) is 19.3 Å². The van der Waals surface area contributed by atoms with Crippen LogP contribution in [-0.2, 0) is 14.5 Å². The smallest absolute Gasteiger partial charge is 0.314 e. The molecule has 2 aromatic heterocycles. The molecule has 12 heteroatoms. The number of H-pyrrole nitrogens is 1. The zero-order valence-electron chi connectivity index (χ0n) is 21.2. The highest BCUT2D eigenvalue weighted by molar-refractivity contribution is 7.93. The molecule has 8 nitrogen and oxygen atoms in total. The lowest BCUT2D eigenvalue weighted by molar-refractivity contribution is -0.118. The summed E-state index contributed by atoms with van der Waals surface area (Å²) in [5.41, 5.74) is 3.28. The average Bonchev–Trinajstić information content (AvgIpc) is 3.46. The van der Waals surface area contributed by atoms with E-state index in [1.54, 1.807) is 12.1 Å². The summed E-state index contributed by atoms with van der Waals surface area (Å²) in [5, 5.41) is 9.07. The van der Waals surface area contributed by atoms with Crippen LogP contribution in [0.5, 0.6) is 6.01 Å². The Bertz CT molecular complexity index is 1590. The number of alkyl halides is 2. The van der Waals surface area contributed by atoms with Gasteiger partial charge in [0.2, 0.25) is 0 Å². The number of hydrogen-bond donors (Lipinski definition) is 2. The number of benzene rings is 2. The van der Waals surface area contributed by atoms with Gasteiger partial charge in [-0.3, -0.25) is 0 Å². The van der Waals surface area contributed by atoms with E-state index in [9.17, 15) is 17.4 Å². The van der Waals surface area contributed by atoms with Crippen molar-refractivity contribution in [2.24, 2.45) is 4.36 Å². The average molecular weight is 561 g/mol. The molecular weight excluding hydrogens is 533 g/mol. The largest absolute Gasteiger partial charge is 0.452 e. The summed E-state index contributed by atoms with van der Waals surface area (Å²) in [4.78, 5) is 11.0. The quantitative estimate of drug-likeness (QED) is 0.301. The first kappa shape index (κ1) is 27.1. The predicted molar refractivity (Wildman–Crippen MR) is 142 cm³/mol. The lowest BCUT2D eigenvalue weighted by atomic mass is 10.0. The van der Waals surface area contributed by atoms with Gasteiger partial charge in [0, 0.05) is 23.1 Å². The van der Waals surface area contributed by atoms with Gasteiger partial charge in [-0.1, -0.05) is 50.2 Å². The van der Waals surface area contributed by atoms with Crippen LogP contribution in [-0.4, -0.2) is 67.1 Å². The number of ether oxygens (including phenoxy) is 2. The first-order chi connectivity index (χ1) is 18.7. The van der Waals surface area contributed by atoms with Crippen molar-refractivity contribution in [2.75, 3.05) is 24.7 Å². The molecule has 2 N–H and O–H groups in total. The summed E-state index contributed by atoms with van der Waals surface area (Å²) in [7, 11) is -2.25. The monoisotopic (exact) mass is 560 g/mol. The number of pyridine rings is 1. The molecule has 1 aliphatic rings. The van der Waals surface area contributed by atoms with Crippen LogP contribution in [0.2, 0.25) is 0 Å². The van der Waals surface area contributed by atoms with Gasteiger partial charge in [0.15, 0.2) is 17.6 Å². The Labute approximate surface area is 223 Å². The second-order valence-electron chi connectivity index (χ2n) is 9.08. The molecule has 0 unspecified atom stereocenters. The molecule has 39 heavy (non-hydrogen) atoms. The van der Waals surface area contributed by atoms with Crippen LogP contribution in [0.3, 0.4) is 0 Å². The van der Waals surface area contributed by atoms with Gasteiger partial charge in [0.1, 0.15) is 11.8 Å². The molecule has 3 heterocycles. The molecule has 0 amide bonds. The van der Waals surface area contributed by atoms with E-state index < -0.39 is 46.9 Å². The number of aromatic amines is 1. The zero-order valence-corrected chi connectivity index (χ0v) is 22.1. The van der Waals surface area contributed by atoms with E-state index in [4.69, 9.17) is 14.6 Å². The normalized spacial score (nSPS) is 18.9. The maximum Gasteiger partial charge on any atom is 0.314 e. The summed E-state index contributed by atoms with van der Waals surface area (Å²) >= 11 is 0. The number of aliphatic hydroxyl groups is 1. The fraction of sp³-hybridized carbons (Fsp3) is 0.333. The van der Waals surface area contributed by atoms with Crippen molar-refractivity contribution in [3.63, 3.8) is 0 Å². The van der Waals surface area contributed by atoms with Crippen molar-refractivity contribution in [3.05, 3.63) is 60.4 Å². The van der Waals surface area contributed by atoms with E-state index in [1.165, 1.54) is 6.07 Å². The number of halogens is 3. The molecule has 2 atom stereocenters. The summed E-state index contributed by atoms with van der Waals surface area (Å²) in [6.45, 7) is 2.45. The van der Waals surface area contributed by atoms with Crippen molar-refractivity contribution in [2.45, 2.75) is 32.0 Å². The van der Waals surface area contributed by atoms with Gasteiger partial charge >= 0.3 is 5.92 Å². The van der Waals surface area contributed by atoms with Gasteiger partial charge in [-0.05, 0) is 23.3 Å². The van der Waals surface area contributed by atoms with E-state index in [-0.39, 0.29) is 22.9 Å². The summed E-state index contributed by atoms with van der Waals surface area (Å²) in [5.74, 6) is -3.05. The molecule has 0 bridgehead atoms. The SMILES string of the molecule is CCS(=O)(CC)=Nc1ccc(-c2ccc(-c3nc4nc(O[C@@H]5CO[C@H](CO)C5(F)F)[nH]c4cc3F)cc2)cc1. The number of hydrogen-bond acceptors (Lipinski definition) is 7. The molecule has 1 saturated heterocycles. The molecule has 0 spiro atoms. The number of aromatic nitrogens is 3. The van der Waals surface area contributed by atoms with Gasteiger partial charge in [-0.2, -0.15) is 18.1 Å². The first-order valence-electron chi connectivity index (χ1n) is 12.4. The Morgan fingerprint density at radius 2 is 1.69 bits per heavy atom. The Balaban J connectivity index is 1.36. The van der Waals surface area contributed by atoms with Gasteiger partial charge in [-0.15, -0.1) is 0 Å². The van der Waals surface area contributed by atoms with Gasteiger partial charge in [0.05, 0.1) is 34.1 Å². The maximum absolute atomic E-state index is 14.9. The standard InChI is InChI=1S/C27H27F3N4O4S/c1-3-39(36,4-2)34-19-11-9-17(10-12-19)16-5-7-18(8-6-16)24-20(28)13-21-25(32-24)33-26(31-21)38-23-15-37-22(14-35)27(23,29)30/h5-13,22-23,35H,3-4,14-15H2,1-2H3,(H,31,32,33)/t22-,23-/m1/s1. The predicted octanol–water partition coefficient (Wildman–Crippen LogP) is 5.34. The minimum absolute atomic E-state index is 0.0463. The Morgan fingerprint density at radius 3 is 2.28 bits per heavy atom. The molecule has 2 aromatic carbocycles. The van der Waals surface area contributed by atoms with Crippen molar-refractivity contribution in [3.8, 4) is 28.4 Å². The second kappa shape index (κ2) is 10.6. The summed E-state index contributed by atoms with van der Waals surface area (Å²) in [6, 6.07) is 15.4. The van der Waals surface area contributed by atoms with Crippen LogP contribution in [0.1, 0.15) is 13.8 Å². The van der Waals surface area contributed by atoms with Crippen LogP contribution >= 0.6 is 0 Å². The van der Waals surface area contributed by atoms with Gasteiger partial charge in [-0.25, -0.2) is 13.6 Å². The first-order valence-corrected chi connectivity index (χ1v) is 14.3. The van der Waals surface area contributed by atoms with Crippen LogP contribution < -0.4 is 4.74 Å². The summed E-state index contributed by atoms with van der Waals surface area (Å²) < 4.78 is 70.7. The highest BCUT2D eigenvalue weighted by Gasteiger charge is 2.55. The maximum atomic E-state index is 14.9. The van der Waals surface area contributed by atoms with E-state index in [0.717, 1.165) is 11.1 Å². The number of nitrogens with zero attached hydrogens (tertiary/aromatic N) is 3. The third-order valence-electron chi connectivity index (χ3n) is 6.66. The number of fused-ring (bicyclic) bond motifs is 1. The fourth-order valence-electron chi connectivity index (χ4n) is 4.27. The van der Waals surface area contributed by atoms with E-state index in [1.807, 2.05) is 50.2 Å². The molecule has 4 aromatic rings. The highest BCUT2D eigenvalue weighted by atomic mass is 32.2. The lowest BCUT2D eigenvalue weighted by Crippen LogP contribution is -2.43. The van der Waals surface area contributed by atoms with Crippen LogP contribution in [0.4, 0.5) is 18.9 Å². The minimum Gasteiger partial charge on any atom is -0.452 e. The number of rotatable bonds is 8. The number of nitrogens with one attached hydrogen (secondary N) is 1. The van der Waals surface area contributed by atoms with Crippen molar-refractivity contribution in [1.29, 1.82) is 0 Å². The third kappa shape index (κ3) is 5.36. The van der Waals surface area contributed by atoms with E-state index in [0.29, 0.717) is 22.8 Å². The topological polar surface area (TPSA) is 110 Å². The van der Waals surface area contributed by atoms with Crippen LogP contribution in [0.25, 0.3) is 33.5 Å². The molecule has 0 saturated carbocycles. The van der Waals surface area contributed by atoms with Crippen molar-refractivity contribution >= 4 is 26.6 Å². The highest BCUT2D eigenvalue weighted by Crippen LogP contribution is 2.35. The molecule has 1 fully saturated rings. The van der Waals surface area contributed by atoms with E-state index >= 15 is 0 Å². The Kier molecular flexibility index (Phi) is 7.36. The number of aliphatic hydroxyl groups excluding tert-OH is 1. The van der Waals surface area contributed by atoms with Crippen LogP contribution in [0.15, 0.2) is 59.0 Å². The van der Waals surface area contributed by atoms with Gasteiger partial charge < -0.3 is 19.6 Å². The van der Waals surface area contributed by atoms with Crippen LogP contribution in [0, 0.1) is 5.82 Å². The minimum atomic E-state index is -3.42. The Hall–Kier alpha value is -3.48. The summed E-state index contributed by atoms with van der Waals surface area (Å²) in [6.07, 6.45) is -3.32. The molecular formula is C27H27F3N4O4S. The second-order valence-corrected chi connectivity index (χ2v) is 12.0. The zero-order chi connectivity index (χ0) is 27.8. The van der Waals surface area contributed by atoms with Crippen molar-refractivity contribution < 1.29 is 32.0 Å². The van der Waals surface area contributed by atoms with Gasteiger partial charge in [0.25, 0.3) is 6.01 Å². The molecule has 0 radical (unpaired) electrons. The third-order valence-corrected chi connectivity index (χ3v) is 9.01. The molecule has 0 aliphatic carbocycles. The number of imidazole rings is 1.